The van der Waals surface area contributed by atoms with Gasteiger partial charge in [0.05, 0.1) is 6.42 Å². The quantitative estimate of drug-likeness (QED) is 0.483. The molecule has 35 heavy (non-hydrogen) atoms. The fourth-order valence-electron chi connectivity index (χ4n) is 3.65. The summed E-state index contributed by atoms with van der Waals surface area (Å²) in [7, 11) is 0. The second-order valence-electron chi connectivity index (χ2n) is 7.99. The molecule has 3 aromatic rings. The maximum absolute atomic E-state index is 13.1. The minimum absolute atomic E-state index is 0.233. The highest BCUT2D eigenvalue weighted by molar-refractivity contribution is 5.99. The van der Waals surface area contributed by atoms with Crippen molar-refractivity contribution in [2.75, 3.05) is 23.7 Å². The Hall–Kier alpha value is -4.40. The van der Waals surface area contributed by atoms with Crippen molar-refractivity contribution in [2.24, 2.45) is 0 Å². The number of carbonyl (C=O) groups excluding carboxylic acids is 3. The van der Waals surface area contributed by atoms with Gasteiger partial charge in [0.2, 0.25) is 11.8 Å². The number of piperazine rings is 1. The topological polar surface area (TPSA) is 99.8 Å². The molecule has 0 aliphatic carbocycles. The molecule has 1 fully saturated rings. The van der Waals surface area contributed by atoms with Crippen molar-refractivity contribution in [3.63, 3.8) is 0 Å². The summed E-state index contributed by atoms with van der Waals surface area (Å²) in [5, 5.41) is 8.07. The van der Waals surface area contributed by atoms with E-state index < -0.39 is 29.7 Å². The Balaban J connectivity index is 1.34. The Labute approximate surface area is 202 Å². The summed E-state index contributed by atoms with van der Waals surface area (Å²) in [5.41, 5.74) is 1.98. The summed E-state index contributed by atoms with van der Waals surface area (Å²) in [5.74, 6) is -0.644. The number of anilines is 2. The highest BCUT2D eigenvalue weighted by Crippen LogP contribution is 2.19. The normalized spacial score (nSPS) is 15.2. The molecular formula is C26H25FN4O4. The molecule has 1 aliphatic heterocycles. The monoisotopic (exact) mass is 476 g/mol. The largest absolute Gasteiger partial charge is 0.489 e. The second-order valence-corrected chi connectivity index (χ2v) is 7.99. The van der Waals surface area contributed by atoms with Crippen LogP contribution in [-0.2, 0) is 16.2 Å². The van der Waals surface area contributed by atoms with Gasteiger partial charge in [-0.2, -0.15) is 0 Å². The lowest BCUT2D eigenvalue weighted by Gasteiger charge is -2.34. The van der Waals surface area contributed by atoms with Crippen molar-refractivity contribution in [1.82, 2.24) is 10.2 Å². The van der Waals surface area contributed by atoms with Crippen LogP contribution in [0.25, 0.3) is 0 Å². The predicted molar refractivity (Wildman–Crippen MR) is 129 cm³/mol. The number of halogens is 1. The molecule has 1 aliphatic rings. The SMILES string of the molecule is O=C(C[C@H]1C(=O)NCCN1C(=O)Nc1ccc(OCc2ccccc2)cc1)Nc1ccc(F)cc1. The van der Waals surface area contributed by atoms with Gasteiger partial charge >= 0.3 is 6.03 Å². The van der Waals surface area contributed by atoms with Crippen molar-refractivity contribution in [1.29, 1.82) is 0 Å². The first kappa shape index (κ1) is 23.7. The van der Waals surface area contributed by atoms with Crippen LogP contribution in [0.15, 0.2) is 78.9 Å². The molecule has 1 heterocycles. The molecule has 0 bridgehead atoms. The van der Waals surface area contributed by atoms with E-state index in [4.69, 9.17) is 4.74 Å². The van der Waals surface area contributed by atoms with Crippen LogP contribution < -0.4 is 20.7 Å². The van der Waals surface area contributed by atoms with Crippen molar-refractivity contribution < 1.29 is 23.5 Å². The van der Waals surface area contributed by atoms with E-state index in [1.807, 2.05) is 30.3 Å². The van der Waals surface area contributed by atoms with E-state index in [1.54, 1.807) is 24.3 Å². The number of ether oxygens (including phenoxy) is 1. The van der Waals surface area contributed by atoms with Gasteiger partial charge in [0, 0.05) is 24.5 Å². The second kappa shape index (κ2) is 11.1. The van der Waals surface area contributed by atoms with E-state index in [2.05, 4.69) is 16.0 Å². The molecule has 9 heteroatoms. The number of carbonyl (C=O) groups is 3. The molecule has 0 unspecified atom stereocenters. The predicted octanol–water partition coefficient (Wildman–Crippen LogP) is 3.77. The number of amides is 4. The smallest absolute Gasteiger partial charge is 0.322 e. The van der Waals surface area contributed by atoms with Crippen LogP contribution in [0.2, 0.25) is 0 Å². The highest BCUT2D eigenvalue weighted by atomic mass is 19.1. The van der Waals surface area contributed by atoms with Gasteiger partial charge in [-0.05, 0) is 54.1 Å². The zero-order valence-electron chi connectivity index (χ0n) is 18.9. The van der Waals surface area contributed by atoms with E-state index in [0.717, 1.165) is 5.56 Å². The molecule has 4 rings (SSSR count). The minimum Gasteiger partial charge on any atom is -0.489 e. The third kappa shape index (κ3) is 6.57. The molecule has 4 amide bonds. The number of nitrogens with zero attached hydrogens (tertiary/aromatic N) is 1. The van der Waals surface area contributed by atoms with Crippen LogP contribution in [0.3, 0.4) is 0 Å². The molecule has 3 aromatic carbocycles. The van der Waals surface area contributed by atoms with E-state index >= 15 is 0 Å². The third-order valence-electron chi connectivity index (χ3n) is 5.45. The molecular weight excluding hydrogens is 451 g/mol. The fraction of sp³-hybridized carbons (Fsp3) is 0.192. The highest BCUT2D eigenvalue weighted by Gasteiger charge is 2.34. The lowest BCUT2D eigenvalue weighted by Crippen LogP contribution is -2.59. The van der Waals surface area contributed by atoms with Crippen molar-refractivity contribution in [2.45, 2.75) is 19.1 Å². The van der Waals surface area contributed by atoms with Gasteiger partial charge < -0.3 is 25.6 Å². The maximum atomic E-state index is 13.1. The first-order chi connectivity index (χ1) is 17.0. The zero-order valence-corrected chi connectivity index (χ0v) is 18.9. The molecule has 3 N–H and O–H groups in total. The number of rotatable bonds is 7. The van der Waals surface area contributed by atoms with E-state index in [0.29, 0.717) is 23.7 Å². The Bertz CT molecular complexity index is 1170. The van der Waals surface area contributed by atoms with Crippen LogP contribution in [0, 0.1) is 5.82 Å². The lowest BCUT2D eigenvalue weighted by atomic mass is 10.1. The standard InChI is InChI=1S/C26H25FN4O4/c27-19-6-8-20(9-7-19)29-24(32)16-23-25(33)28-14-15-31(23)26(34)30-21-10-12-22(13-11-21)35-17-18-4-2-1-3-5-18/h1-13,23H,14-17H2,(H,28,33)(H,29,32)(H,30,34)/t23-/m0/s1. The van der Waals surface area contributed by atoms with Gasteiger partial charge in [-0.3, -0.25) is 9.59 Å². The number of urea groups is 1. The average molecular weight is 477 g/mol. The van der Waals surface area contributed by atoms with E-state index in [-0.39, 0.29) is 19.5 Å². The molecule has 0 saturated carbocycles. The summed E-state index contributed by atoms with van der Waals surface area (Å²) >= 11 is 0. The number of hydrogen-bond acceptors (Lipinski definition) is 4. The van der Waals surface area contributed by atoms with E-state index in [1.165, 1.54) is 29.2 Å². The van der Waals surface area contributed by atoms with Gasteiger partial charge in [0.25, 0.3) is 0 Å². The lowest BCUT2D eigenvalue weighted by molar-refractivity contribution is -0.130. The molecule has 0 spiro atoms. The van der Waals surface area contributed by atoms with Crippen LogP contribution >= 0.6 is 0 Å². The average Bonchev–Trinajstić information content (AvgIpc) is 2.87. The van der Waals surface area contributed by atoms with Crippen molar-refractivity contribution in [3.05, 3.63) is 90.2 Å². The molecule has 1 saturated heterocycles. The summed E-state index contributed by atoms with van der Waals surface area (Å²) in [6.45, 7) is 0.968. The number of hydrogen-bond donors (Lipinski definition) is 3. The molecule has 0 aromatic heterocycles. The zero-order chi connectivity index (χ0) is 24.6. The number of nitrogens with one attached hydrogen (secondary N) is 3. The summed E-state index contributed by atoms with van der Waals surface area (Å²) < 4.78 is 18.8. The third-order valence-corrected chi connectivity index (χ3v) is 5.45. The number of benzene rings is 3. The Morgan fingerprint density at radius 2 is 1.60 bits per heavy atom. The van der Waals surface area contributed by atoms with Gasteiger partial charge in [0.1, 0.15) is 24.2 Å². The Morgan fingerprint density at radius 1 is 0.943 bits per heavy atom. The maximum Gasteiger partial charge on any atom is 0.322 e. The molecule has 8 nitrogen and oxygen atoms in total. The summed E-state index contributed by atoms with van der Waals surface area (Å²) in [4.78, 5) is 39.2. The molecule has 1 atom stereocenters. The molecule has 0 radical (unpaired) electrons. The van der Waals surface area contributed by atoms with Crippen LogP contribution in [0.1, 0.15) is 12.0 Å². The molecule has 180 valence electrons. The first-order valence-corrected chi connectivity index (χ1v) is 11.2. The van der Waals surface area contributed by atoms with Crippen LogP contribution in [0.4, 0.5) is 20.6 Å². The van der Waals surface area contributed by atoms with Crippen LogP contribution in [0.5, 0.6) is 5.75 Å². The van der Waals surface area contributed by atoms with Gasteiger partial charge in [-0.25, -0.2) is 9.18 Å². The fourth-order valence-corrected chi connectivity index (χ4v) is 3.65. The first-order valence-electron chi connectivity index (χ1n) is 11.2. The summed E-state index contributed by atoms with van der Waals surface area (Å²) in [6, 6.07) is 20.5. The Morgan fingerprint density at radius 3 is 2.31 bits per heavy atom. The van der Waals surface area contributed by atoms with Crippen molar-refractivity contribution in [3.8, 4) is 5.75 Å². The van der Waals surface area contributed by atoms with Gasteiger partial charge in [0.15, 0.2) is 0 Å². The van der Waals surface area contributed by atoms with Crippen molar-refractivity contribution >= 4 is 29.2 Å². The Kier molecular flexibility index (Phi) is 7.57. The summed E-state index contributed by atoms with van der Waals surface area (Å²) in [6.07, 6.45) is -0.233. The van der Waals surface area contributed by atoms with Crippen LogP contribution in [-0.4, -0.2) is 41.9 Å². The minimum atomic E-state index is -0.974. The van der Waals surface area contributed by atoms with Gasteiger partial charge in [-0.1, -0.05) is 30.3 Å². The van der Waals surface area contributed by atoms with Gasteiger partial charge in [-0.15, -0.1) is 0 Å². The van der Waals surface area contributed by atoms with E-state index in [9.17, 15) is 18.8 Å².